The van der Waals surface area contributed by atoms with Crippen molar-refractivity contribution in [1.29, 1.82) is 0 Å². The molecule has 0 saturated heterocycles. The largest absolute Gasteiger partial charge is 0.492 e. The molecule has 0 aliphatic rings. The summed E-state index contributed by atoms with van der Waals surface area (Å²) in [5, 5.41) is 0.0729. The highest BCUT2D eigenvalue weighted by Crippen LogP contribution is 2.32. The minimum absolute atomic E-state index is 0.0639. The summed E-state index contributed by atoms with van der Waals surface area (Å²) in [4.78, 5) is 7.24. The van der Waals surface area contributed by atoms with Crippen LogP contribution in [0, 0.1) is 5.82 Å². The summed E-state index contributed by atoms with van der Waals surface area (Å²) >= 11 is 5.76. The van der Waals surface area contributed by atoms with Gasteiger partial charge in [-0.25, -0.2) is 9.38 Å². The van der Waals surface area contributed by atoms with Crippen molar-refractivity contribution in [1.82, 2.24) is 0 Å². The Balaban J connectivity index is 3.14. The van der Waals surface area contributed by atoms with Gasteiger partial charge in [-0.3, -0.25) is 0 Å². The summed E-state index contributed by atoms with van der Waals surface area (Å²) in [6, 6.07) is 2.47. The molecule has 17 heavy (non-hydrogen) atoms. The number of ether oxygens (including phenoxy) is 1. The molecule has 1 aromatic rings. The maximum absolute atomic E-state index is 13.4. The van der Waals surface area contributed by atoms with Crippen molar-refractivity contribution >= 4 is 29.2 Å². The molecule has 0 saturated carbocycles. The molecule has 0 aromatic heterocycles. The van der Waals surface area contributed by atoms with E-state index in [9.17, 15) is 4.39 Å². The molecule has 0 fully saturated rings. The lowest BCUT2D eigenvalue weighted by Crippen LogP contribution is -2.26. The van der Waals surface area contributed by atoms with Gasteiger partial charge in [-0.05, 0) is 6.07 Å². The Morgan fingerprint density at radius 1 is 1.35 bits per heavy atom. The van der Waals surface area contributed by atoms with E-state index < -0.39 is 5.82 Å². The van der Waals surface area contributed by atoms with Crippen LogP contribution in [0.25, 0.3) is 0 Å². The molecular formula is C9H11ClFN5O. The second-order valence-electron chi connectivity index (χ2n) is 2.95. The molecule has 6 N–H and O–H groups in total. The number of rotatable bonds is 2. The first-order valence-electron chi connectivity index (χ1n) is 4.41. The standard InChI is InChI=1S/C9H11ClFN5O/c1-17-7-5(10)2-4(3-6(7)11)15-9(14)16-8(12)13/h2-3H,1H3,(H6,12,13,14,15,16). The van der Waals surface area contributed by atoms with Gasteiger partial charge < -0.3 is 21.9 Å². The number of nitrogens with two attached hydrogens (primary N) is 3. The second-order valence-corrected chi connectivity index (χ2v) is 3.36. The summed E-state index contributed by atoms with van der Waals surface area (Å²) in [6.07, 6.45) is 0. The number of aliphatic imine (C=N–C) groups is 2. The summed E-state index contributed by atoms with van der Waals surface area (Å²) in [6.45, 7) is 0. The molecule has 8 heteroatoms. The topological polar surface area (TPSA) is 112 Å². The van der Waals surface area contributed by atoms with E-state index in [1.807, 2.05) is 0 Å². The first kappa shape index (κ1) is 13.0. The van der Waals surface area contributed by atoms with E-state index in [4.69, 9.17) is 33.5 Å². The van der Waals surface area contributed by atoms with Crippen molar-refractivity contribution in [3.8, 4) is 5.75 Å². The zero-order valence-corrected chi connectivity index (χ0v) is 9.70. The van der Waals surface area contributed by atoms with Gasteiger partial charge in [-0.1, -0.05) is 11.6 Å². The summed E-state index contributed by atoms with van der Waals surface area (Å²) in [5.41, 5.74) is 15.8. The third-order valence-corrected chi connectivity index (χ3v) is 1.96. The summed E-state index contributed by atoms with van der Waals surface area (Å²) in [7, 11) is 1.31. The van der Waals surface area contributed by atoms with E-state index in [-0.39, 0.29) is 28.4 Å². The van der Waals surface area contributed by atoms with E-state index in [1.54, 1.807) is 0 Å². The van der Waals surface area contributed by atoms with Gasteiger partial charge in [0.05, 0.1) is 17.8 Å². The van der Waals surface area contributed by atoms with Crippen LogP contribution in [0.1, 0.15) is 0 Å². The predicted octanol–water partition coefficient (Wildman–Crippen LogP) is 0.707. The number of methoxy groups -OCH3 is 1. The van der Waals surface area contributed by atoms with Crippen LogP contribution in [0.15, 0.2) is 22.1 Å². The molecule has 1 aromatic carbocycles. The van der Waals surface area contributed by atoms with Gasteiger partial charge in [0.2, 0.25) is 5.96 Å². The lowest BCUT2D eigenvalue weighted by atomic mass is 10.3. The quantitative estimate of drug-likeness (QED) is 0.536. The lowest BCUT2D eigenvalue weighted by Gasteiger charge is -2.05. The number of guanidine groups is 2. The molecule has 0 aliphatic carbocycles. The number of nitrogens with zero attached hydrogens (tertiary/aromatic N) is 2. The highest BCUT2D eigenvalue weighted by Gasteiger charge is 2.09. The minimum Gasteiger partial charge on any atom is -0.492 e. The van der Waals surface area contributed by atoms with Crippen LogP contribution < -0.4 is 21.9 Å². The van der Waals surface area contributed by atoms with Crippen molar-refractivity contribution in [2.45, 2.75) is 0 Å². The number of hydrogen-bond donors (Lipinski definition) is 3. The van der Waals surface area contributed by atoms with Gasteiger partial charge in [0.15, 0.2) is 17.5 Å². The van der Waals surface area contributed by atoms with Crippen LogP contribution >= 0.6 is 11.6 Å². The first-order valence-corrected chi connectivity index (χ1v) is 4.78. The molecule has 0 amide bonds. The molecule has 0 unspecified atom stereocenters. The van der Waals surface area contributed by atoms with Crippen LogP contribution in [-0.2, 0) is 0 Å². The Hall–Kier alpha value is -2.02. The Bertz CT molecular complexity index is 461. The fourth-order valence-corrected chi connectivity index (χ4v) is 1.37. The molecule has 0 radical (unpaired) electrons. The fraction of sp³-hybridized carbons (Fsp3) is 0.111. The maximum atomic E-state index is 13.4. The van der Waals surface area contributed by atoms with Gasteiger partial charge in [0, 0.05) is 6.07 Å². The average molecular weight is 260 g/mol. The minimum atomic E-state index is -0.656. The van der Waals surface area contributed by atoms with Crippen molar-refractivity contribution in [3.63, 3.8) is 0 Å². The molecule has 0 bridgehead atoms. The monoisotopic (exact) mass is 259 g/mol. The van der Waals surface area contributed by atoms with Gasteiger partial charge in [-0.2, -0.15) is 4.99 Å². The number of benzene rings is 1. The smallest absolute Gasteiger partial charge is 0.223 e. The molecule has 0 atom stereocenters. The van der Waals surface area contributed by atoms with Crippen LogP contribution in [-0.4, -0.2) is 19.0 Å². The van der Waals surface area contributed by atoms with Crippen molar-refractivity contribution in [2.75, 3.05) is 7.11 Å². The molecular weight excluding hydrogens is 249 g/mol. The zero-order chi connectivity index (χ0) is 13.0. The molecule has 0 heterocycles. The predicted molar refractivity (Wildman–Crippen MR) is 65.1 cm³/mol. The molecule has 0 aliphatic heterocycles. The Morgan fingerprint density at radius 3 is 2.47 bits per heavy atom. The van der Waals surface area contributed by atoms with Gasteiger partial charge in [0.25, 0.3) is 0 Å². The van der Waals surface area contributed by atoms with Crippen molar-refractivity contribution < 1.29 is 9.13 Å². The molecule has 6 nitrogen and oxygen atoms in total. The zero-order valence-electron chi connectivity index (χ0n) is 8.95. The Morgan fingerprint density at radius 2 is 2.00 bits per heavy atom. The molecule has 1 rings (SSSR count). The van der Waals surface area contributed by atoms with Crippen LogP contribution in [0.2, 0.25) is 5.02 Å². The van der Waals surface area contributed by atoms with Crippen LogP contribution in [0.3, 0.4) is 0 Å². The van der Waals surface area contributed by atoms with E-state index in [1.165, 1.54) is 13.2 Å². The lowest BCUT2D eigenvalue weighted by molar-refractivity contribution is 0.387. The van der Waals surface area contributed by atoms with Crippen LogP contribution in [0.4, 0.5) is 10.1 Å². The van der Waals surface area contributed by atoms with Gasteiger partial charge >= 0.3 is 0 Å². The maximum Gasteiger partial charge on any atom is 0.223 e. The van der Waals surface area contributed by atoms with Gasteiger partial charge in [0.1, 0.15) is 0 Å². The van der Waals surface area contributed by atoms with E-state index in [2.05, 4.69) is 9.98 Å². The van der Waals surface area contributed by atoms with Crippen molar-refractivity contribution in [3.05, 3.63) is 23.0 Å². The van der Waals surface area contributed by atoms with Crippen LogP contribution in [0.5, 0.6) is 5.75 Å². The molecule has 0 spiro atoms. The Kier molecular flexibility index (Phi) is 4.11. The Labute approximate surface area is 102 Å². The highest BCUT2D eigenvalue weighted by molar-refractivity contribution is 6.32. The normalized spacial score (nSPS) is 11.1. The van der Waals surface area contributed by atoms with Crippen molar-refractivity contribution in [2.24, 2.45) is 27.2 Å². The van der Waals surface area contributed by atoms with E-state index in [0.717, 1.165) is 6.07 Å². The first-order chi connectivity index (χ1) is 7.93. The summed E-state index contributed by atoms with van der Waals surface area (Å²) < 4.78 is 18.2. The SMILES string of the molecule is COc1c(F)cc(N=C(N)N=C(N)N)cc1Cl. The number of hydrogen-bond acceptors (Lipinski definition) is 2. The van der Waals surface area contributed by atoms with E-state index in [0.29, 0.717) is 0 Å². The summed E-state index contributed by atoms with van der Waals surface area (Å²) in [5.74, 6) is -1.17. The third-order valence-electron chi connectivity index (χ3n) is 1.67. The fourth-order valence-electron chi connectivity index (χ4n) is 1.10. The third kappa shape index (κ3) is 3.49. The molecule has 92 valence electrons. The highest BCUT2D eigenvalue weighted by atomic mass is 35.5. The van der Waals surface area contributed by atoms with Gasteiger partial charge in [-0.15, -0.1) is 0 Å². The number of halogens is 2. The average Bonchev–Trinajstić information content (AvgIpc) is 2.15. The second kappa shape index (κ2) is 5.35. The van der Waals surface area contributed by atoms with E-state index >= 15 is 0 Å².